The Balaban J connectivity index is 3.33. The van der Waals surface area contributed by atoms with Gasteiger partial charge in [-0.2, -0.15) is 0 Å². The fraction of sp³-hybridized carbons (Fsp3) is 0.750. The summed E-state index contributed by atoms with van der Waals surface area (Å²) in [4.78, 5) is 21.7. The minimum absolute atomic E-state index is 0.00780. The maximum Gasteiger partial charge on any atom is 0.333 e. The third-order valence-corrected chi connectivity index (χ3v) is 3.13. The number of unbranched alkanes of at least 4 members (excludes halogenated alkanes) is 8. The average molecular weight is 284 g/mol. The van der Waals surface area contributed by atoms with Crippen molar-refractivity contribution in [2.75, 3.05) is 6.61 Å². The summed E-state index contributed by atoms with van der Waals surface area (Å²) in [5.74, 6) is -1.65. The van der Waals surface area contributed by atoms with Crippen LogP contribution in [0, 0.1) is 0 Å². The molecule has 4 heteroatoms. The van der Waals surface area contributed by atoms with Crippen LogP contribution in [0.4, 0.5) is 0 Å². The van der Waals surface area contributed by atoms with E-state index in [1.807, 2.05) is 0 Å². The number of hydrogen-bond donors (Lipinski definition) is 1. The molecule has 0 fully saturated rings. The molecule has 116 valence electrons. The molecule has 0 aliphatic rings. The predicted octanol–water partition coefficient (Wildman–Crippen LogP) is 4.09. The molecule has 0 heterocycles. The van der Waals surface area contributed by atoms with Crippen molar-refractivity contribution in [3.05, 3.63) is 12.2 Å². The number of esters is 1. The van der Waals surface area contributed by atoms with Gasteiger partial charge in [-0.05, 0) is 6.42 Å². The van der Waals surface area contributed by atoms with E-state index in [0.717, 1.165) is 12.8 Å². The van der Waals surface area contributed by atoms with Gasteiger partial charge in [-0.1, -0.05) is 64.9 Å². The number of ether oxygens (including phenoxy) is 1. The van der Waals surface area contributed by atoms with Crippen LogP contribution < -0.4 is 0 Å². The summed E-state index contributed by atoms with van der Waals surface area (Å²) in [6.07, 6.45) is 10.5. The summed E-state index contributed by atoms with van der Waals surface area (Å²) in [5.41, 5.74) is 0.00780. The van der Waals surface area contributed by atoms with Crippen LogP contribution in [-0.4, -0.2) is 23.7 Å². The maximum atomic E-state index is 11.3. The Bertz CT molecular complexity index is 297. The summed E-state index contributed by atoms with van der Waals surface area (Å²) >= 11 is 0. The van der Waals surface area contributed by atoms with Gasteiger partial charge in [0, 0.05) is 5.57 Å². The van der Waals surface area contributed by atoms with Crippen LogP contribution in [0.2, 0.25) is 0 Å². The SMILES string of the molecule is C=C(CC(=O)O)C(=O)OCCCCCCCCCCC. The topological polar surface area (TPSA) is 63.6 Å². The lowest BCUT2D eigenvalue weighted by Gasteiger charge is -2.05. The van der Waals surface area contributed by atoms with Gasteiger partial charge in [0.2, 0.25) is 0 Å². The maximum absolute atomic E-state index is 11.3. The summed E-state index contributed by atoms with van der Waals surface area (Å²) in [7, 11) is 0. The zero-order valence-corrected chi connectivity index (χ0v) is 12.7. The first-order chi connectivity index (χ1) is 9.57. The molecule has 0 rings (SSSR count). The van der Waals surface area contributed by atoms with Crippen molar-refractivity contribution in [1.82, 2.24) is 0 Å². The number of rotatable bonds is 13. The van der Waals surface area contributed by atoms with E-state index < -0.39 is 11.9 Å². The summed E-state index contributed by atoms with van der Waals surface area (Å²) < 4.78 is 4.96. The Morgan fingerprint density at radius 3 is 1.95 bits per heavy atom. The number of carbonyl (C=O) groups is 2. The minimum atomic E-state index is -1.06. The largest absolute Gasteiger partial charge is 0.481 e. The van der Waals surface area contributed by atoms with Gasteiger partial charge in [0.1, 0.15) is 0 Å². The van der Waals surface area contributed by atoms with Crippen LogP contribution in [0.1, 0.15) is 71.1 Å². The molecule has 0 saturated carbocycles. The summed E-state index contributed by atoms with van der Waals surface area (Å²) in [5, 5.41) is 8.51. The number of hydrogen-bond acceptors (Lipinski definition) is 3. The van der Waals surface area contributed by atoms with Crippen molar-refractivity contribution >= 4 is 11.9 Å². The Kier molecular flexibility index (Phi) is 11.9. The number of aliphatic carboxylic acids is 1. The second kappa shape index (κ2) is 12.7. The second-order valence-corrected chi connectivity index (χ2v) is 5.14. The Hall–Kier alpha value is -1.32. The highest BCUT2D eigenvalue weighted by molar-refractivity contribution is 5.92. The molecule has 4 nitrogen and oxygen atoms in total. The van der Waals surface area contributed by atoms with E-state index in [0.29, 0.717) is 6.61 Å². The van der Waals surface area contributed by atoms with Gasteiger partial charge >= 0.3 is 11.9 Å². The van der Waals surface area contributed by atoms with Crippen molar-refractivity contribution in [1.29, 1.82) is 0 Å². The highest BCUT2D eigenvalue weighted by atomic mass is 16.5. The molecule has 20 heavy (non-hydrogen) atoms. The number of carboxylic acids is 1. The standard InChI is InChI=1S/C16H28O4/c1-3-4-5-6-7-8-9-10-11-12-20-16(19)14(2)13-15(17)18/h2-13H2,1H3,(H,17,18). The zero-order valence-electron chi connectivity index (χ0n) is 12.7. The van der Waals surface area contributed by atoms with Crippen molar-refractivity contribution in [3.63, 3.8) is 0 Å². The van der Waals surface area contributed by atoms with E-state index in [-0.39, 0.29) is 12.0 Å². The second-order valence-electron chi connectivity index (χ2n) is 5.14. The molecule has 0 amide bonds. The molecule has 0 aromatic heterocycles. The third-order valence-electron chi connectivity index (χ3n) is 3.13. The van der Waals surface area contributed by atoms with Crippen molar-refractivity contribution in [3.8, 4) is 0 Å². The Labute approximate surface area is 122 Å². The molecule has 0 bridgehead atoms. The van der Waals surface area contributed by atoms with Crippen LogP contribution in [-0.2, 0) is 14.3 Å². The molecule has 0 aromatic rings. The lowest BCUT2D eigenvalue weighted by atomic mass is 10.1. The van der Waals surface area contributed by atoms with Crippen molar-refractivity contribution in [2.24, 2.45) is 0 Å². The monoisotopic (exact) mass is 284 g/mol. The van der Waals surface area contributed by atoms with Crippen LogP contribution in [0.25, 0.3) is 0 Å². The lowest BCUT2D eigenvalue weighted by molar-refractivity contribution is -0.142. The van der Waals surface area contributed by atoms with Gasteiger partial charge in [-0.15, -0.1) is 0 Å². The van der Waals surface area contributed by atoms with E-state index in [9.17, 15) is 9.59 Å². The fourth-order valence-corrected chi connectivity index (χ4v) is 1.93. The smallest absolute Gasteiger partial charge is 0.333 e. The third kappa shape index (κ3) is 11.8. The predicted molar refractivity (Wildman–Crippen MR) is 79.6 cm³/mol. The first-order valence-corrected chi connectivity index (χ1v) is 7.64. The lowest BCUT2D eigenvalue weighted by Crippen LogP contribution is -2.11. The van der Waals surface area contributed by atoms with Gasteiger partial charge in [-0.3, -0.25) is 4.79 Å². The molecular weight excluding hydrogens is 256 g/mol. The molecular formula is C16H28O4. The molecule has 0 aromatic carbocycles. The number of carbonyl (C=O) groups excluding carboxylic acids is 1. The van der Waals surface area contributed by atoms with Gasteiger partial charge in [-0.25, -0.2) is 4.79 Å². The highest BCUT2D eigenvalue weighted by Gasteiger charge is 2.11. The molecule has 0 aliphatic heterocycles. The van der Waals surface area contributed by atoms with Crippen molar-refractivity contribution in [2.45, 2.75) is 71.1 Å². The first kappa shape index (κ1) is 18.7. The molecule has 1 N–H and O–H groups in total. The van der Waals surface area contributed by atoms with E-state index >= 15 is 0 Å². The molecule has 0 aliphatic carbocycles. The number of carboxylic acid groups (broad SMARTS) is 1. The zero-order chi connectivity index (χ0) is 15.2. The van der Waals surface area contributed by atoms with Crippen LogP contribution >= 0.6 is 0 Å². The van der Waals surface area contributed by atoms with Crippen LogP contribution in [0.15, 0.2) is 12.2 Å². The first-order valence-electron chi connectivity index (χ1n) is 7.64. The van der Waals surface area contributed by atoms with E-state index in [4.69, 9.17) is 9.84 Å². The average Bonchev–Trinajstić information content (AvgIpc) is 2.39. The molecule has 0 saturated heterocycles. The molecule has 0 radical (unpaired) electrons. The van der Waals surface area contributed by atoms with E-state index in [1.165, 1.54) is 44.9 Å². The van der Waals surface area contributed by atoms with Gasteiger partial charge in [0.25, 0.3) is 0 Å². The summed E-state index contributed by atoms with van der Waals surface area (Å²) in [6, 6.07) is 0. The van der Waals surface area contributed by atoms with Gasteiger partial charge in [0.05, 0.1) is 13.0 Å². The van der Waals surface area contributed by atoms with Gasteiger partial charge in [0.15, 0.2) is 0 Å². The molecule has 0 unspecified atom stereocenters. The van der Waals surface area contributed by atoms with E-state index in [2.05, 4.69) is 13.5 Å². The minimum Gasteiger partial charge on any atom is -0.481 e. The molecule has 0 spiro atoms. The summed E-state index contributed by atoms with van der Waals surface area (Å²) in [6.45, 7) is 5.97. The van der Waals surface area contributed by atoms with Crippen molar-refractivity contribution < 1.29 is 19.4 Å². The van der Waals surface area contributed by atoms with E-state index in [1.54, 1.807) is 0 Å². The molecule has 0 atom stereocenters. The Morgan fingerprint density at radius 1 is 0.950 bits per heavy atom. The van der Waals surface area contributed by atoms with Crippen LogP contribution in [0.5, 0.6) is 0 Å². The van der Waals surface area contributed by atoms with Crippen LogP contribution in [0.3, 0.4) is 0 Å². The Morgan fingerprint density at radius 2 is 1.45 bits per heavy atom. The quantitative estimate of drug-likeness (QED) is 0.314. The highest BCUT2D eigenvalue weighted by Crippen LogP contribution is 2.10. The van der Waals surface area contributed by atoms with Gasteiger partial charge < -0.3 is 9.84 Å². The normalized spacial score (nSPS) is 10.2. The fourth-order valence-electron chi connectivity index (χ4n) is 1.93.